The number of hydrogen-bond donors (Lipinski definition) is 0. The molecule has 0 amide bonds. The van der Waals surface area contributed by atoms with Gasteiger partial charge in [-0.1, -0.05) is 182 Å². The number of carbonyl (C=O) groups excluding carboxylic acids is 3. The van der Waals surface area contributed by atoms with Gasteiger partial charge in [0.15, 0.2) is 0 Å². The normalized spacial score (nSPS) is 17.1. The highest BCUT2D eigenvalue weighted by Crippen LogP contribution is 2.25. The van der Waals surface area contributed by atoms with Gasteiger partial charge in [0, 0.05) is 64.6 Å². The van der Waals surface area contributed by atoms with Crippen molar-refractivity contribution in [2.24, 2.45) is 5.92 Å². The predicted molar refractivity (Wildman–Crippen MR) is 288 cm³/mol. The number of esters is 3. The number of rotatable bonds is 48. The van der Waals surface area contributed by atoms with Crippen molar-refractivity contribution in [2.75, 3.05) is 72.7 Å². The standard InChI is InChI=1S/C59H113N3O7/c1-6-10-14-16-20-28-38-55(39-29-21-17-15-11-7-2)68-58(64)41-31-23-19-25-33-47-66-52-54-49-56(69-59(65)51-61-45-43-60(5)44-46-61)50-62(54)42-32-24-18-22-30-40-57(63)67-48-34-37-53(35-26-12-8-3)36-27-13-9-4/h53-56H,6-52H2,1-5H3/t54?,56-/m0/s1. The minimum atomic E-state index is -0.104. The fourth-order valence-corrected chi connectivity index (χ4v) is 10.5. The van der Waals surface area contributed by atoms with E-state index in [0.717, 1.165) is 142 Å². The lowest BCUT2D eigenvalue weighted by Crippen LogP contribution is -2.46. The maximum absolute atomic E-state index is 13.0. The van der Waals surface area contributed by atoms with Gasteiger partial charge in [0.25, 0.3) is 0 Å². The molecule has 0 aromatic carbocycles. The average Bonchev–Trinajstić information content (AvgIpc) is 3.72. The Morgan fingerprint density at radius 3 is 1.61 bits per heavy atom. The van der Waals surface area contributed by atoms with Gasteiger partial charge in [-0.15, -0.1) is 0 Å². The van der Waals surface area contributed by atoms with E-state index in [1.807, 2.05) is 0 Å². The average molecular weight is 977 g/mol. The van der Waals surface area contributed by atoms with Gasteiger partial charge in [-0.05, 0) is 83.7 Å². The van der Waals surface area contributed by atoms with Crippen molar-refractivity contribution < 1.29 is 33.3 Å². The lowest BCUT2D eigenvalue weighted by molar-refractivity contribution is -0.151. The number of hydrogen-bond acceptors (Lipinski definition) is 10. The Kier molecular flexibility index (Phi) is 41.2. The second-order valence-corrected chi connectivity index (χ2v) is 21.6. The third-order valence-electron chi connectivity index (χ3n) is 15.1. The highest BCUT2D eigenvalue weighted by molar-refractivity contribution is 5.72. The Balaban J connectivity index is 1.67. The highest BCUT2D eigenvalue weighted by atomic mass is 16.6. The molecule has 2 atom stereocenters. The van der Waals surface area contributed by atoms with Crippen molar-refractivity contribution in [3.63, 3.8) is 0 Å². The zero-order valence-corrected chi connectivity index (χ0v) is 46.2. The van der Waals surface area contributed by atoms with E-state index in [4.69, 9.17) is 18.9 Å². The summed E-state index contributed by atoms with van der Waals surface area (Å²) < 4.78 is 24.1. The molecule has 10 nitrogen and oxygen atoms in total. The topological polar surface area (TPSA) is 97.9 Å². The molecule has 2 rings (SSSR count). The minimum Gasteiger partial charge on any atom is -0.466 e. The van der Waals surface area contributed by atoms with Crippen LogP contribution in [0.4, 0.5) is 0 Å². The van der Waals surface area contributed by atoms with Crippen LogP contribution in [0.1, 0.15) is 265 Å². The Hall–Kier alpha value is -1.75. The number of likely N-dealkylation sites (tertiary alicyclic amines) is 1. The SMILES string of the molecule is CCCCCCCCC(CCCCCCCC)OC(=O)CCCCCCCOCC1C[C@H](OC(=O)CN2CCN(C)CC2)CN1CCCCCCCC(=O)OCCCC(CCCCC)CCCCC. The summed E-state index contributed by atoms with van der Waals surface area (Å²) >= 11 is 0. The van der Waals surface area contributed by atoms with Crippen LogP contribution < -0.4 is 0 Å². The lowest BCUT2D eigenvalue weighted by Gasteiger charge is -2.31. The van der Waals surface area contributed by atoms with Gasteiger partial charge >= 0.3 is 17.9 Å². The third kappa shape index (κ3) is 35.9. The predicted octanol–water partition coefficient (Wildman–Crippen LogP) is 14.4. The smallest absolute Gasteiger partial charge is 0.320 e. The van der Waals surface area contributed by atoms with Crippen molar-refractivity contribution >= 4 is 17.9 Å². The molecule has 0 N–H and O–H groups in total. The summed E-state index contributed by atoms with van der Waals surface area (Å²) in [5.41, 5.74) is 0. The number of carbonyl (C=O) groups is 3. The Morgan fingerprint density at radius 2 is 1.00 bits per heavy atom. The van der Waals surface area contributed by atoms with Gasteiger partial charge in [0.05, 0.1) is 19.8 Å². The molecule has 2 saturated heterocycles. The van der Waals surface area contributed by atoms with E-state index < -0.39 is 0 Å². The molecule has 0 aliphatic carbocycles. The van der Waals surface area contributed by atoms with Crippen LogP contribution in [0.15, 0.2) is 0 Å². The maximum atomic E-state index is 13.0. The molecule has 0 bridgehead atoms. The van der Waals surface area contributed by atoms with E-state index in [1.54, 1.807) is 0 Å². The molecule has 2 aliphatic heterocycles. The molecule has 1 unspecified atom stereocenters. The van der Waals surface area contributed by atoms with E-state index >= 15 is 0 Å². The molecule has 406 valence electrons. The van der Waals surface area contributed by atoms with E-state index in [-0.39, 0.29) is 36.2 Å². The zero-order chi connectivity index (χ0) is 49.8. The van der Waals surface area contributed by atoms with Crippen LogP contribution in [-0.2, 0) is 33.3 Å². The quantitative estimate of drug-likeness (QED) is 0.0333. The molecular weight excluding hydrogens is 863 g/mol. The first-order valence-corrected chi connectivity index (χ1v) is 30.0. The molecule has 0 radical (unpaired) electrons. The molecule has 69 heavy (non-hydrogen) atoms. The van der Waals surface area contributed by atoms with Crippen LogP contribution in [0.25, 0.3) is 0 Å². The second-order valence-electron chi connectivity index (χ2n) is 21.6. The highest BCUT2D eigenvalue weighted by Gasteiger charge is 2.34. The Bertz CT molecular complexity index is 1170. The maximum Gasteiger partial charge on any atom is 0.320 e. The van der Waals surface area contributed by atoms with E-state index in [9.17, 15) is 14.4 Å². The first-order valence-electron chi connectivity index (χ1n) is 30.0. The molecule has 0 saturated carbocycles. The van der Waals surface area contributed by atoms with Crippen LogP contribution in [0.5, 0.6) is 0 Å². The first-order chi connectivity index (χ1) is 33.8. The van der Waals surface area contributed by atoms with Gasteiger partial charge in [-0.2, -0.15) is 0 Å². The van der Waals surface area contributed by atoms with Crippen LogP contribution in [-0.4, -0.2) is 124 Å². The molecule has 10 heteroatoms. The molecule has 0 aromatic rings. The summed E-state index contributed by atoms with van der Waals surface area (Å²) in [6, 6.07) is 0.251. The van der Waals surface area contributed by atoms with Crippen LogP contribution in [0, 0.1) is 5.92 Å². The van der Waals surface area contributed by atoms with Crippen molar-refractivity contribution in [2.45, 2.75) is 284 Å². The summed E-state index contributed by atoms with van der Waals surface area (Å²) in [6.45, 7) is 17.0. The summed E-state index contributed by atoms with van der Waals surface area (Å²) in [5.74, 6) is 0.650. The fraction of sp³-hybridized carbons (Fsp3) is 0.949. The van der Waals surface area contributed by atoms with Crippen molar-refractivity contribution in [1.82, 2.24) is 14.7 Å². The first kappa shape index (κ1) is 63.4. The minimum absolute atomic E-state index is 0.00162. The van der Waals surface area contributed by atoms with Crippen LogP contribution in [0.2, 0.25) is 0 Å². The molecule has 2 fully saturated rings. The summed E-state index contributed by atoms with van der Waals surface area (Å²) in [7, 11) is 2.13. The number of piperazine rings is 1. The summed E-state index contributed by atoms with van der Waals surface area (Å²) in [5, 5.41) is 0. The van der Waals surface area contributed by atoms with Crippen molar-refractivity contribution in [1.29, 1.82) is 0 Å². The number of ether oxygens (including phenoxy) is 4. The number of unbranched alkanes of at least 4 members (excludes halogenated alkanes) is 22. The van der Waals surface area contributed by atoms with Gasteiger partial charge in [0.1, 0.15) is 12.2 Å². The Labute approximate surface area is 426 Å². The van der Waals surface area contributed by atoms with Gasteiger partial charge in [-0.3, -0.25) is 24.2 Å². The summed E-state index contributed by atoms with van der Waals surface area (Å²) in [6.07, 6.45) is 42.4. The third-order valence-corrected chi connectivity index (χ3v) is 15.1. The number of nitrogens with zero attached hydrogens (tertiary/aromatic N) is 3. The lowest BCUT2D eigenvalue weighted by atomic mass is 9.91. The number of likely N-dealkylation sites (N-methyl/N-ethyl adjacent to an activating group) is 1. The van der Waals surface area contributed by atoms with Crippen LogP contribution in [0.3, 0.4) is 0 Å². The second kappa shape index (κ2) is 44.9. The molecular formula is C59H113N3O7. The Morgan fingerprint density at radius 1 is 0.507 bits per heavy atom. The van der Waals surface area contributed by atoms with Gasteiger partial charge in [-0.25, -0.2) is 0 Å². The van der Waals surface area contributed by atoms with E-state index in [0.29, 0.717) is 32.6 Å². The van der Waals surface area contributed by atoms with Gasteiger partial charge in [0.2, 0.25) is 0 Å². The van der Waals surface area contributed by atoms with Crippen LogP contribution >= 0.6 is 0 Å². The molecule has 0 aromatic heterocycles. The monoisotopic (exact) mass is 976 g/mol. The van der Waals surface area contributed by atoms with Crippen molar-refractivity contribution in [3.8, 4) is 0 Å². The van der Waals surface area contributed by atoms with Crippen molar-refractivity contribution in [3.05, 3.63) is 0 Å². The van der Waals surface area contributed by atoms with Gasteiger partial charge < -0.3 is 23.8 Å². The molecule has 0 spiro atoms. The van der Waals surface area contributed by atoms with E-state index in [1.165, 1.54) is 135 Å². The largest absolute Gasteiger partial charge is 0.466 e. The molecule has 2 heterocycles. The summed E-state index contributed by atoms with van der Waals surface area (Å²) in [4.78, 5) is 45.4. The molecule has 2 aliphatic rings. The van der Waals surface area contributed by atoms with E-state index in [2.05, 4.69) is 49.4 Å². The fourth-order valence-electron chi connectivity index (χ4n) is 10.5. The zero-order valence-electron chi connectivity index (χ0n) is 46.2.